The Morgan fingerprint density at radius 1 is 1.36 bits per heavy atom. The molecule has 1 fully saturated rings. The molecule has 11 heavy (non-hydrogen) atoms. The summed E-state index contributed by atoms with van der Waals surface area (Å²) in [6.07, 6.45) is 3.68. The van der Waals surface area contributed by atoms with E-state index in [2.05, 4.69) is 22.4 Å². The van der Waals surface area contributed by atoms with Gasteiger partial charge in [0.25, 0.3) is 0 Å². The summed E-state index contributed by atoms with van der Waals surface area (Å²) in [5.74, 6) is 0. The molecule has 0 radical (unpaired) electrons. The Morgan fingerprint density at radius 2 is 2.09 bits per heavy atom. The highest BCUT2D eigenvalue weighted by Gasteiger charge is 2.17. The molecular weight excluding hydrogens is 156 g/mol. The number of hydrogen-bond acceptors (Lipinski definition) is 3. The molecule has 1 aliphatic heterocycles. The van der Waals surface area contributed by atoms with Crippen LogP contribution in [0.1, 0.15) is 0 Å². The first kappa shape index (κ1) is 7.13. The van der Waals surface area contributed by atoms with E-state index < -0.39 is 0 Å². The smallest absolute Gasteiger partial charge is 0.0344 e. The molecule has 2 heterocycles. The van der Waals surface area contributed by atoms with Crippen LogP contribution < -0.4 is 5.32 Å². The van der Waals surface area contributed by atoms with Gasteiger partial charge in [0.15, 0.2) is 0 Å². The lowest BCUT2D eigenvalue weighted by atomic mass is 10.3. The number of aromatic nitrogens is 1. The molecule has 1 aliphatic rings. The molecule has 0 aromatic carbocycles. The van der Waals surface area contributed by atoms with Crippen molar-refractivity contribution >= 4 is 11.8 Å². The Hall–Kier alpha value is -0.540. The first-order chi connectivity index (χ1) is 5.45. The van der Waals surface area contributed by atoms with Crippen molar-refractivity contribution in [2.45, 2.75) is 10.1 Å². The van der Waals surface area contributed by atoms with E-state index in [1.54, 1.807) is 0 Å². The molecule has 3 heteroatoms. The molecule has 0 unspecified atom stereocenters. The van der Waals surface area contributed by atoms with E-state index in [1.165, 1.54) is 4.90 Å². The number of nitrogens with zero attached hydrogens (tertiary/aromatic N) is 1. The van der Waals surface area contributed by atoms with Gasteiger partial charge in [0.05, 0.1) is 0 Å². The van der Waals surface area contributed by atoms with Crippen LogP contribution >= 0.6 is 11.8 Å². The van der Waals surface area contributed by atoms with E-state index in [1.807, 2.05) is 24.2 Å². The standard InChI is InChI=1S/C8H10N2S/c1-3-9-4-2-7(1)11-8-5-10-6-8/h1-4,8,10H,5-6H2. The summed E-state index contributed by atoms with van der Waals surface area (Å²) >= 11 is 1.93. The maximum Gasteiger partial charge on any atom is 0.0344 e. The predicted molar refractivity (Wildman–Crippen MR) is 46.8 cm³/mol. The number of thioether (sulfide) groups is 1. The Morgan fingerprint density at radius 3 is 2.64 bits per heavy atom. The zero-order chi connectivity index (χ0) is 7.52. The largest absolute Gasteiger partial charge is 0.314 e. The molecule has 0 spiro atoms. The van der Waals surface area contributed by atoms with Crippen LogP contribution in [0.2, 0.25) is 0 Å². The molecule has 1 aromatic rings. The number of hydrogen-bond donors (Lipinski definition) is 1. The third-order valence-electron chi connectivity index (χ3n) is 1.70. The van der Waals surface area contributed by atoms with Crippen LogP contribution in [0.5, 0.6) is 0 Å². The zero-order valence-electron chi connectivity index (χ0n) is 6.16. The summed E-state index contributed by atoms with van der Waals surface area (Å²) in [4.78, 5) is 5.29. The molecule has 0 saturated carbocycles. The van der Waals surface area contributed by atoms with Gasteiger partial charge in [-0.25, -0.2) is 0 Å². The second-order valence-corrected chi connectivity index (χ2v) is 3.95. The van der Waals surface area contributed by atoms with Crippen LogP contribution in [0.25, 0.3) is 0 Å². The highest BCUT2D eigenvalue weighted by Crippen LogP contribution is 2.24. The van der Waals surface area contributed by atoms with E-state index in [4.69, 9.17) is 0 Å². The van der Waals surface area contributed by atoms with Crippen LogP contribution in [0.4, 0.5) is 0 Å². The van der Waals surface area contributed by atoms with Crippen LogP contribution in [-0.4, -0.2) is 23.3 Å². The molecule has 1 N–H and O–H groups in total. The molecule has 2 rings (SSSR count). The highest BCUT2D eigenvalue weighted by atomic mass is 32.2. The SMILES string of the molecule is c1cc(SC2CNC2)ccn1. The minimum absolute atomic E-state index is 0.775. The van der Waals surface area contributed by atoms with Crippen molar-refractivity contribution in [3.63, 3.8) is 0 Å². The van der Waals surface area contributed by atoms with E-state index >= 15 is 0 Å². The summed E-state index contributed by atoms with van der Waals surface area (Å²) in [5.41, 5.74) is 0. The molecule has 0 atom stereocenters. The van der Waals surface area contributed by atoms with E-state index in [9.17, 15) is 0 Å². The Kier molecular flexibility index (Phi) is 2.10. The lowest BCUT2D eigenvalue weighted by Crippen LogP contribution is -2.44. The molecule has 0 amide bonds. The fourth-order valence-corrected chi connectivity index (χ4v) is 2.02. The fraction of sp³-hybridized carbons (Fsp3) is 0.375. The third-order valence-corrected chi connectivity index (χ3v) is 2.91. The van der Waals surface area contributed by atoms with Crippen molar-refractivity contribution in [2.24, 2.45) is 0 Å². The molecule has 1 saturated heterocycles. The summed E-state index contributed by atoms with van der Waals surface area (Å²) in [6.45, 7) is 2.29. The van der Waals surface area contributed by atoms with E-state index in [-0.39, 0.29) is 0 Å². The van der Waals surface area contributed by atoms with E-state index in [0.29, 0.717) is 0 Å². The van der Waals surface area contributed by atoms with Gasteiger partial charge in [0, 0.05) is 35.6 Å². The Balaban J connectivity index is 1.95. The maximum atomic E-state index is 3.97. The lowest BCUT2D eigenvalue weighted by Gasteiger charge is -2.26. The second kappa shape index (κ2) is 3.24. The maximum absolute atomic E-state index is 3.97. The van der Waals surface area contributed by atoms with E-state index in [0.717, 1.165) is 18.3 Å². The number of nitrogens with one attached hydrogen (secondary N) is 1. The minimum Gasteiger partial charge on any atom is -0.314 e. The zero-order valence-corrected chi connectivity index (χ0v) is 6.97. The van der Waals surface area contributed by atoms with Crippen molar-refractivity contribution in [3.8, 4) is 0 Å². The van der Waals surface area contributed by atoms with Crippen molar-refractivity contribution < 1.29 is 0 Å². The molecular formula is C8H10N2S. The van der Waals surface area contributed by atoms with Gasteiger partial charge < -0.3 is 5.32 Å². The summed E-state index contributed by atoms with van der Waals surface area (Å²) in [7, 11) is 0. The fourth-order valence-electron chi connectivity index (χ4n) is 0.955. The lowest BCUT2D eigenvalue weighted by molar-refractivity contribution is 0.544. The van der Waals surface area contributed by atoms with Gasteiger partial charge in [-0.05, 0) is 12.1 Å². The van der Waals surface area contributed by atoms with Crippen molar-refractivity contribution in [2.75, 3.05) is 13.1 Å². The van der Waals surface area contributed by atoms with Crippen LogP contribution in [0.3, 0.4) is 0 Å². The summed E-state index contributed by atoms with van der Waals surface area (Å²) < 4.78 is 0. The topological polar surface area (TPSA) is 24.9 Å². The monoisotopic (exact) mass is 166 g/mol. The molecule has 1 aromatic heterocycles. The molecule has 2 nitrogen and oxygen atoms in total. The van der Waals surface area contributed by atoms with Crippen molar-refractivity contribution in [1.29, 1.82) is 0 Å². The average Bonchev–Trinajstić information content (AvgIpc) is 1.99. The average molecular weight is 166 g/mol. The van der Waals surface area contributed by atoms with Gasteiger partial charge in [-0.15, -0.1) is 11.8 Å². The summed E-state index contributed by atoms with van der Waals surface area (Å²) in [6, 6.07) is 4.12. The van der Waals surface area contributed by atoms with Crippen LogP contribution in [0.15, 0.2) is 29.4 Å². The molecule has 0 bridgehead atoms. The first-order valence-corrected chi connectivity index (χ1v) is 4.60. The van der Waals surface area contributed by atoms with Crippen molar-refractivity contribution in [1.82, 2.24) is 10.3 Å². The normalized spacial score (nSPS) is 17.8. The van der Waals surface area contributed by atoms with Crippen molar-refractivity contribution in [3.05, 3.63) is 24.5 Å². The molecule has 0 aliphatic carbocycles. The van der Waals surface area contributed by atoms with Gasteiger partial charge in [0.1, 0.15) is 0 Å². The second-order valence-electron chi connectivity index (χ2n) is 2.58. The third kappa shape index (κ3) is 1.73. The minimum atomic E-state index is 0.775. The quantitative estimate of drug-likeness (QED) is 0.713. The predicted octanol–water partition coefficient (Wildman–Crippen LogP) is 1.15. The van der Waals surface area contributed by atoms with Crippen LogP contribution in [0, 0.1) is 0 Å². The van der Waals surface area contributed by atoms with Gasteiger partial charge in [-0.3, -0.25) is 4.98 Å². The Bertz CT molecular complexity index is 221. The van der Waals surface area contributed by atoms with Crippen LogP contribution in [-0.2, 0) is 0 Å². The summed E-state index contributed by atoms with van der Waals surface area (Å²) in [5, 5.41) is 4.02. The van der Waals surface area contributed by atoms with Gasteiger partial charge in [-0.2, -0.15) is 0 Å². The first-order valence-electron chi connectivity index (χ1n) is 3.72. The highest BCUT2D eigenvalue weighted by molar-refractivity contribution is 8.00. The molecule has 58 valence electrons. The van der Waals surface area contributed by atoms with Gasteiger partial charge in [0.2, 0.25) is 0 Å². The number of rotatable bonds is 2. The number of pyridine rings is 1. The van der Waals surface area contributed by atoms with Gasteiger partial charge in [-0.1, -0.05) is 0 Å². The Labute approximate surface area is 70.4 Å². The van der Waals surface area contributed by atoms with Gasteiger partial charge >= 0.3 is 0 Å².